The largest absolute Gasteiger partial charge is 0.129 e. The summed E-state index contributed by atoms with van der Waals surface area (Å²) in [6.07, 6.45) is 0. The number of rotatable bonds is 0. The minimum Gasteiger partial charge on any atom is -0.127 e. The molecule has 0 aromatic heterocycles. The molecular weight excluding hydrogens is 368 g/mol. The first-order valence-corrected chi connectivity index (χ1v) is 16.9. The topological polar surface area (TPSA) is 0 Å². The quantitative estimate of drug-likeness (QED) is 0.224. The molecule has 0 fully saturated rings. The molecule has 0 atom stereocenters. The van der Waals surface area contributed by atoms with E-state index in [1.807, 2.05) is 0 Å². The van der Waals surface area contributed by atoms with Gasteiger partial charge in [0.05, 0.1) is 0 Å². The first kappa shape index (κ1) is 18.8. The average Bonchev–Trinajstić information content (AvgIpc) is 2.95. The Morgan fingerprint density at radius 3 is 1.39 bits per heavy atom. The van der Waals surface area contributed by atoms with Crippen molar-refractivity contribution in [1.82, 2.24) is 0 Å². The van der Waals surface area contributed by atoms with Crippen LogP contribution in [0.15, 0.2) is 48.5 Å². The van der Waals surface area contributed by atoms with Gasteiger partial charge in [0, 0.05) is 22.3 Å². The van der Waals surface area contributed by atoms with Gasteiger partial charge < -0.3 is 0 Å². The van der Waals surface area contributed by atoms with Crippen molar-refractivity contribution in [1.29, 1.82) is 0 Å². The van der Waals surface area contributed by atoms with Gasteiger partial charge >= 0.3 is 0 Å². The van der Waals surface area contributed by atoms with Gasteiger partial charge in [0.1, 0.15) is 16.1 Å². The van der Waals surface area contributed by atoms with Crippen molar-refractivity contribution >= 4 is 26.9 Å². The maximum absolute atomic E-state index is 3.56. The molecule has 2 heteroatoms. The van der Waals surface area contributed by atoms with Crippen LogP contribution in [-0.2, 0) is 0 Å². The number of hydrogen-bond donors (Lipinski definition) is 0. The molecule has 28 heavy (non-hydrogen) atoms. The number of fused-ring (bicyclic) bond motifs is 3. The average molecular weight is 395 g/mol. The van der Waals surface area contributed by atoms with E-state index in [0.717, 1.165) is 11.1 Å². The lowest BCUT2D eigenvalue weighted by molar-refractivity contribution is 1.60. The van der Waals surface area contributed by atoms with Crippen LogP contribution in [0.4, 0.5) is 0 Å². The van der Waals surface area contributed by atoms with E-state index in [1.165, 1.54) is 33.0 Å². The SMILES string of the molecule is C[Si](C)(C)C#Cc1ccc(C#C[Si](C)(C)C)c2c1-c1cccc3cccc-2c13. The van der Waals surface area contributed by atoms with Crippen molar-refractivity contribution in [3.05, 3.63) is 59.7 Å². The summed E-state index contributed by atoms with van der Waals surface area (Å²) in [6.45, 7) is 13.8. The smallest absolute Gasteiger partial charge is 0.127 e. The van der Waals surface area contributed by atoms with Crippen LogP contribution in [-0.4, -0.2) is 16.1 Å². The fraction of sp³-hybridized carbons (Fsp3) is 0.231. The highest BCUT2D eigenvalue weighted by atomic mass is 28.3. The maximum atomic E-state index is 3.56. The Hall–Kier alpha value is -2.53. The number of hydrogen-bond acceptors (Lipinski definition) is 0. The van der Waals surface area contributed by atoms with E-state index in [1.54, 1.807) is 0 Å². The molecule has 0 nitrogen and oxygen atoms in total. The van der Waals surface area contributed by atoms with Gasteiger partial charge in [0.2, 0.25) is 0 Å². The summed E-state index contributed by atoms with van der Waals surface area (Å²) < 4.78 is 0. The normalized spacial score (nSPS) is 12.1. The van der Waals surface area contributed by atoms with E-state index < -0.39 is 16.1 Å². The lowest BCUT2D eigenvalue weighted by Crippen LogP contribution is -2.16. The molecule has 0 amide bonds. The van der Waals surface area contributed by atoms with E-state index in [4.69, 9.17) is 0 Å². The lowest BCUT2D eigenvalue weighted by Gasteiger charge is -2.10. The summed E-state index contributed by atoms with van der Waals surface area (Å²) in [7, 11) is -2.90. The van der Waals surface area contributed by atoms with Crippen LogP contribution in [0.5, 0.6) is 0 Å². The maximum Gasteiger partial charge on any atom is 0.129 e. The summed E-state index contributed by atoms with van der Waals surface area (Å²) in [4.78, 5) is 0. The van der Waals surface area contributed by atoms with E-state index in [2.05, 4.69) is 111 Å². The van der Waals surface area contributed by atoms with E-state index in [-0.39, 0.29) is 0 Å². The van der Waals surface area contributed by atoms with Gasteiger partial charge in [-0.05, 0) is 34.0 Å². The molecule has 4 rings (SSSR count). The van der Waals surface area contributed by atoms with Crippen molar-refractivity contribution in [3.8, 4) is 45.2 Å². The van der Waals surface area contributed by atoms with Gasteiger partial charge in [0.15, 0.2) is 0 Å². The molecule has 1 aliphatic rings. The molecule has 0 saturated heterocycles. The first-order chi connectivity index (χ1) is 13.1. The van der Waals surface area contributed by atoms with E-state index >= 15 is 0 Å². The van der Waals surface area contributed by atoms with Crippen LogP contribution < -0.4 is 0 Å². The molecule has 1 aliphatic carbocycles. The summed E-state index contributed by atoms with van der Waals surface area (Å²) in [6, 6.07) is 17.6. The third-order valence-corrected chi connectivity index (χ3v) is 6.54. The summed E-state index contributed by atoms with van der Waals surface area (Å²) >= 11 is 0. The Morgan fingerprint density at radius 2 is 1.00 bits per heavy atom. The first-order valence-electron chi connectivity index (χ1n) is 9.90. The molecule has 3 aromatic carbocycles. The van der Waals surface area contributed by atoms with Crippen LogP contribution in [0.1, 0.15) is 11.1 Å². The Bertz CT molecular complexity index is 1130. The Morgan fingerprint density at radius 1 is 0.571 bits per heavy atom. The van der Waals surface area contributed by atoms with Crippen LogP contribution in [0, 0.1) is 22.9 Å². The monoisotopic (exact) mass is 394 g/mol. The molecule has 0 N–H and O–H groups in total. The lowest BCUT2D eigenvalue weighted by atomic mass is 9.94. The van der Waals surface area contributed by atoms with Crippen molar-refractivity contribution in [3.63, 3.8) is 0 Å². The van der Waals surface area contributed by atoms with Crippen LogP contribution in [0.25, 0.3) is 33.0 Å². The van der Waals surface area contributed by atoms with Crippen LogP contribution in [0.3, 0.4) is 0 Å². The molecule has 138 valence electrons. The second-order valence-corrected chi connectivity index (χ2v) is 19.1. The molecular formula is C26H26Si2. The standard InChI is InChI=1S/C26H26Si2/c1-27(2,3)17-15-20-13-14-21(16-18-28(4,5)6)26-23-12-8-10-19-9-7-11-22(24(19)23)25(20)26/h7-14H,1-6H3. The second kappa shape index (κ2) is 6.52. The van der Waals surface area contributed by atoms with Crippen molar-refractivity contribution in [2.45, 2.75) is 39.3 Å². The van der Waals surface area contributed by atoms with Crippen molar-refractivity contribution in [2.24, 2.45) is 0 Å². The Labute approximate surface area is 171 Å². The Balaban J connectivity index is 2.07. The molecule has 0 unspecified atom stereocenters. The predicted molar refractivity (Wildman–Crippen MR) is 129 cm³/mol. The molecule has 0 heterocycles. The van der Waals surface area contributed by atoms with Gasteiger partial charge in [-0.2, -0.15) is 0 Å². The minimum absolute atomic E-state index is 1.14. The molecule has 0 radical (unpaired) electrons. The fourth-order valence-electron chi connectivity index (χ4n) is 3.64. The van der Waals surface area contributed by atoms with Gasteiger partial charge in [-0.3, -0.25) is 0 Å². The van der Waals surface area contributed by atoms with Gasteiger partial charge in [-0.15, -0.1) is 11.1 Å². The molecule has 0 saturated carbocycles. The van der Waals surface area contributed by atoms with Gasteiger partial charge in [0.25, 0.3) is 0 Å². The highest BCUT2D eigenvalue weighted by Gasteiger charge is 2.26. The van der Waals surface area contributed by atoms with E-state index in [0.29, 0.717) is 0 Å². The highest BCUT2D eigenvalue weighted by Crippen LogP contribution is 2.49. The summed E-state index contributed by atoms with van der Waals surface area (Å²) in [5.41, 5.74) is 14.6. The summed E-state index contributed by atoms with van der Waals surface area (Å²) in [5.74, 6) is 7.07. The van der Waals surface area contributed by atoms with Crippen LogP contribution >= 0.6 is 0 Å². The van der Waals surface area contributed by atoms with Gasteiger partial charge in [-0.1, -0.05) is 87.5 Å². The van der Waals surface area contributed by atoms with Crippen LogP contribution in [0.2, 0.25) is 39.3 Å². The number of benzene rings is 3. The molecule has 0 aliphatic heterocycles. The van der Waals surface area contributed by atoms with E-state index in [9.17, 15) is 0 Å². The van der Waals surface area contributed by atoms with Gasteiger partial charge in [-0.25, -0.2) is 0 Å². The molecule has 0 bridgehead atoms. The highest BCUT2D eigenvalue weighted by molar-refractivity contribution is 6.84. The third-order valence-electron chi connectivity index (χ3n) is 4.79. The zero-order valence-electron chi connectivity index (χ0n) is 17.6. The zero-order chi connectivity index (χ0) is 20.1. The zero-order valence-corrected chi connectivity index (χ0v) is 19.6. The predicted octanol–water partition coefficient (Wildman–Crippen LogP) is 6.95. The fourth-order valence-corrected chi connectivity index (χ4v) is 4.66. The molecule has 3 aromatic rings. The minimum atomic E-state index is -1.45. The third kappa shape index (κ3) is 3.47. The second-order valence-electron chi connectivity index (χ2n) is 9.62. The van der Waals surface area contributed by atoms with Crippen molar-refractivity contribution < 1.29 is 0 Å². The summed E-state index contributed by atoms with van der Waals surface area (Å²) in [5, 5.41) is 2.64. The van der Waals surface area contributed by atoms with Crippen molar-refractivity contribution in [2.75, 3.05) is 0 Å². The Kier molecular flexibility index (Phi) is 4.38. The molecule has 0 spiro atoms.